The standard InChI is InChI=1S/C9H10O2S/c1-4-7-5-2-3-6(11-5)8(7)9(10)12-4/h5-8H,1-3H2/t5-,6+,7?,8?/m1/s1. The first-order valence-electron chi connectivity index (χ1n) is 4.33. The largest absolute Gasteiger partial charge is 0.373 e. The molecule has 0 saturated carbocycles. The van der Waals surface area contributed by atoms with Crippen molar-refractivity contribution in [1.82, 2.24) is 0 Å². The minimum absolute atomic E-state index is 0.154. The molecule has 3 aliphatic heterocycles. The lowest BCUT2D eigenvalue weighted by Crippen LogP contribution is -2.26. The molecule has 4 atom stereocenters. The molecule has 2 bridgehead atoms. The molecule has 3 heterocycles. The van der Waals surface area contributed by atoms with Crippen molar-refractivity contribution in [3.8, 4) is 0 Å². The number of hydrogen-bond donors (Lipinski definition) is 0. The fraction of sp³-hybridized carbons (Fsp3) is 0.667. The lowest BCUT2D eigenvalue weighted by molar-refractivity contribution is -0.115. The molecule has 3 fully saturated rings. The average molecular weight is 182 g/mol. The van der Waals surface area contributed by atoms with Crippen LogP contribution < -0.4 is 0 Å². The second-order valence-corrected chi connectivity index (χ2v) is 4.86. The number of carbonyl (C=O) groups is 1. The highest BCUT2D eigenvalue weighted by molar-refractivity contribution is 8.17. The van der Waals surface area contributed by atoms with Crippen LogP contribution in [0.3, 0.4) is 0 Å². The quantitative estimate of drug-likeness (QED) is 0.569. The molecule has 3 rings (SSSR count). The molecule has 0 N–H and O–H groups in total. The van der Waals surface area contributed by atoms with Gasteiger partial charge in [0, 0.05) is 5.92 Å². The molecule has 2 unspecified atom stereocenters. The monoisotopic (exact) mass is 182 g/mol. The van der Waals surface area contributed by atoms with Crippen LogP contribution in [-0.2, 0) is 9.53 Å². The Balaban J connectivity index is 2.03. The smallest absolute Gasteiger partial charge is 0.199 e. The van der Waals surface area contributed by atoms with E-state index in [9.17, 15) is 4.79 Å². The highest BCUT2D eigenvalue weighted by atomic mass is 32.2. The maximum absolute atomic E-state index is 11.5. The average Bonchev–Trinajstić information content (AvgIpc) is 2.64. The van der Waals surface area contributed by atoms with E-state index in [1.54, 1.807) is 0 Å². The second-order valence-electron chi connectivity index (χ2n) is 3.73. The third-order valence-electron chi connectivity index (χ3n) is 3.15. The molecule has 64 valence electrons. The summed E-state index contributed by atoms with van der Waals surface area (Å²) >= 11 is 1.35. The van der Waals surface area contributed by atoms with Gasteiger partial charge in [-0.2, -0.15) is 0 Å². The Labute approximate surface area is 75.3 Å². The van der Waals surface area contributed by atoms with Crippen LogP contribution in [0.4, 0.5) is 0 Å². The van der Waals surface area contributed by atoms with Gasteiger partial charge in [-0.25, -0.2) is 0 Å². The Hall–Kier alpha value is -0.280. The number of carbonyl (C=O) groups excluding carboxylic acids is 1. The van der Waals surface area contributed by atoms with Gasteiger partial charge in [-0.05, 0) is 17.7 Å². The van der Waals surface area contributed by atoms with Gasteiger partial charge in [-0.15, -0.1) is 0 Å². The van der Waals surface area contributed by atoms with Gasteiger partial charge >= 0.3 is 0 Å². The molecule has 3 aliphatic rings. The molecule has 3 saturated heterocycles. The van der Waals surface area contributed by atoms with Crippen LogP contribution in [0.5, 0.6) is 0 Å². The first-order chi connectivity index (χ1) is 5.77. The Morgan fingerprint density at radius 2 is 2.00 bits per heavy atom. The lowest BCUT2D eigenvalue weighted by Gasteiger charge is -2.18. The number of ether oxygens (including phenoxy) is 1. The predicted octanol–water partition coefficient (Wildman–Crippen LogP) is 1.57. The molecule has 0 aromatic rings. The highest BCUT2D eigenvalue weighted by Crippen LogP contribution is 2.55. The van der Waals surface area contributed by atoms with Gasteiger partial charge < -0.3 is 4.74 Å². The van der Waals surface area contributed by atoms with E-state index in [-0.39, 0.29) is 17.1 Å². The normalized spacial score (nSPS) is 50.3. The number of thioether (sulfide) groups is 1. The summed E-state index contributed by atoms with van der Waals surface area (Å²) in [6.07, 6.45) is 2.73. The van der Waals surface area contributed by atoms with Crippen LogP contribution in [-0.4, -0.2) is 17.3 Å². The van der Waals surface area contributed by atoms with E-state index in [1.165, 1.54) is 11.8 Å². The Morgan fingerprint density at radius 1 is 1.33 bits per heavy atom. The van der Waals surface area contributed by atoms with E-state index in [4.69, 9.17) is 4.74 Å². The fourth-order valence-electron chi connectivity index (χ4n) is 2.65. The molecule has 3 heteroatoms. The lowest BCUT2D eigenvalue weighted by atomic mass is 9.80. The topological polar surface area (TPSA) is 26.3 Å². The van der Waals surface area contributed by atoms with Crippen LogP contribution in [0.15, 0.2) is 11.5 Å². The molecule has 0 radical (unpaired) electrons. The van der Waals surface area contributed by atoms with E-state index in [0.29, 0.717) is 12.0 Å². The summed E-state index contributed by atoms with van der Waals surface area (Å²) in [4.78, 5) is 12.5. The summed E-state index contributed by atoms with van der Waals surface area (Å²) in [6.45, 7) is 3.93. The van der Waals surface area contributed by atoms with Gasteiger partial charge in [0.2, 0.25) is 0 Å². The van der Waals surface area contributed by atoms with Crippen molar-refractivity contribution in [2.45, 2.75) is 25.0 Å². The summed E-state index contributed by atoms with van der Waals surface area (Å²) in [5, 5.41) is 0.289. The van der Waals surface area contributed by atoms with Crippen molar-refractivity contribution >= 4 is 16.9 Å². The van der Waals surface area contributed by atoms with Gasteiger partial charge in [0.15, 0.2) is 5.12 Å². The van der Waals surface area contributed by atoms with Crippen molar-refractivity contribution in [3.05, 3.63) is 11.5 Å². The maximum Gasteiger partial charge on any atom is 0.199 e. The van der Waals surface area contributed by atoms with E-state index in [1.807, 2.05) is 0 Å². The Morgan fingerprint density at radius 3 is 2.67 bits per heavy atom. The van der Waals surface area contributed by atoms with Crippen molar-refractivity contribution < 1.29 is 9.53 Å². The third kappa shape index (κ3) is 0.690. The van der Waals surface area contributed by atoms with E-state index in [0.717, 1.165) is 17.7 Å². The van der Waals surface area contributed by atoms with Gasteiger partial charge in [-0.3, -0.25) is 4.79 Å². The van der Waals surface area contributed by atoms with Crippen LogP contribution in [0.25, 0.3) is 0 Å². The first-order valence-corrected chi connectivity index (χ1v) is 5.15. The zero-order chi connectivity index (χ0) is 8.29. The minimum Gasteiger partial charge on any atom is -0.373 e. The summed E-state index contributed by atoms with van der Waals surface area (Å²) in [7, 11) is 0. The molecular formula is C9H10O2S. The van der Waals surface area contributed by atoms with Crippen molar-refractivity contribution in [3.63, 3.8) is 0 Å². The Bertz CT molecular complexity index is 248. The van der Waals surface area contributed by atoms with Gasteiger partial charge in [-0.1, -0.05) is 18.3 Å². The summed E-state index contributed by atoms with van der Waals surface area (Å²) in [5.41, 5.74) is 0. The molecular weight excluding hydrogens is 172 g/mol. The van der Waals surface area contributed by atoms with Gasteiger partial charge in [0.1, 0.15) is 0 Å². The number of fused-ring (bicyclic) bond motifs is 5. The first kappa shape index (κ1) is 7.15. The number of hydrogen-bond acceptors (Lipinski definition) is 3. The van der Waals surface area contributed by atoms with Crippen molar-refractivity contribution in [2.24, 2.45) is 11.8 Å². The van der Waals surface area contributed by atoms with Crippen LogP contribution in [0.2, 0.25) is 0 Å². The maximum atomic E-state index is 11.5. The Kier molecular flexibility index (Phi) is 1.28. The predicted molar refractivity (Wildman–Crippen MR) is 46.6 cm³/mol. The molecule has 12 heavy (non-hydrogen) atoms. The zero-order valence-corrected chi connectivity index (χ0v) is 7.47. The molecule has 0 aromatic carbocycles. The minimum atomic E-state index is 0.154. The summed E-state index contributed by atoms with van der Waals surface area (Å²) in [5.74, 6) is 0.502. The zero-order valence-electron chi connectivity index (χ0n) is 6.66. The molecule has 2 nitrogen and oxygen atoms in total. The summed E-state index contributed by atoms with van der Waals surface area (Å²) < 4.78 is 5.69. The SMILES string of the molecule is C=C1SC(=O)C2C1[C@H]1CC[C@@H]2O1. The van der Waals surface area contributed by atoms with E-state index < -0.39 is 0 Å². The molecule has 0 spiro atoms. The van der Waals surface area contributed by atoms with Crippen LogP contribution >= 0.6 is 11.8 Å². The molecule has 0 amide bonds. The van der Waals surface area contributed by atoms with Crippen LogP contribution in [0.1, 0.15) is 12.8 Å². The van der Waals surface area contributed by atoms with Crippen molar-refractivity contribution in [1.29, 1.82) is 0 Å². The third-order valence-corrected chi connectivity index (χ3v) is 4.16. The fourth-order valence-corrected chi connectivity index (χ4v) is 3.78. The number of rotatable bonds is 0. The van der Waals surface area contributed by atoms with E-state index in [2.05, 4.69) is 6.58 Å². The van der Waals surface area contributed by atoms with Crippen LogP contribution in [0, 0.1) is 11.8 Å². The van der Waals surface area contributed by atoms with E-state index >= 15 is 0 Å². The van der Waals surface area contributed by atoms with Crippen molar-refractivity contribution in [2.75, 3.05) is 0 Å². The van der Waals surface area contributed by atoms with Gasteiger partial charge in [0.05, 0.1) is 18.1 Å². The molecule has 0 aliphatic carbocycles. The molecule has 0 aromatic heterocycles. The van der Waals surface area contributed by atoms with Gasteiger partial charge in [0.25, 0.3) is 0 Å². The summed E-state index contributed by atoms with van der Waals surface area (Å²) in [6, 6.07) is 0. The highest BCUT2D eigenvalue weighted by Gasteiger charge is 2.57. The second kappa shape index (κ2) is 2.15.